The van der Waals surface area contributed by atoms with Gasteiger partial charge >= 0.3 is 0 Å². The van der Waals surface area contributed by atoms with Crippen LogP contribution in [0.1, 0.15) is 22.4 Å². The van der Waals surface area contributed by atoms with Crippen molar-refractivity contribution in [2.24, 2.45) is 0 Å². The minimum Gasteiger partial charge on any atom is -0.378 e. The van der Waals surface area contributed by atoms with Gasteiger partial charge in [0.15, 0.2) is 0 Å². The van der Waals surface area contributed by atoms with Crippen LogP contribution in [0.3, 0.4) is 0 Å². The van der Waals surface area contributed by atoms with Gasteiger partial charge in [0.2, 0.25) is 0 Å². The maximum atomic E-state index is 4.78. The fraction of sp³-hybridized carbons (Fsp3) is 0.121. The van der Waals surface area contributed by atoms with Gasteiger partial charge in [-0.2, -0.15) is 0 Å². The zero-order chi connectivity index (χ0) is 25.3. The maximum absolute atomic E-state index is 4.78. The van der Waals surface area contributed by atoms with Gasteiger partial charge in [0, 0.05) is 45.0 Å². The van der Waals surface area contributed by atoms with Gasteiger partial charge in [-0.05, 0) is 65.2 Å². The second-order valence-electron chi connectivity index (χ2n) is 9.10. The topological polar surface area (TPSA) is 19.4 Å². The second kappa shape index (κ2) is 11.9. The zero-order valence-electron chi connectivity index (χ0n) is 21.5. The molecule has 0 saturated heterocycles. The largest absolute Gasteiger partial charge is 0.378 e. The highest BCUT2D eigenvalue weighted by Crippen LogP contribution is 2.18. The summed E-state index contributed by atoms with van der Waals surface area (Å²) in [5.41, 5.74) is 7.86. The highest BCUT2D eigenvalue weighted by Gasteiger charge is 1.98. The van der Waals surface area contributed by atoms with E-state index in [9.17, 15) is 0 Å². The molecule has 0 fully saturated rings. The van der Waals surface area contributed by atoms with E-state index in [-0.39, 0.29) is 0 Å². The number of benzene rings is 3. The maximum Gasteiger partial charge on any atom is 0.0709 e. The van der Waals surface area contributed by atoms with E-state index in [4.69, 9.17) is 4.98 Å². The predicted octanol–water partition coefficient (Wildman–Crippen LogP) is 7.82. The number of allylic oxidation sites excluding steroid dienone is 4. The molecular weight excluding hydrogens is 438 g/mol. The van der Waals surface area contributed by atoms with E-state index in [0.29, 0.717) is 0 Å². The molecule has 180 valence electrons. The fourth-order valence-electron chi connectivity index (χ4n) is 3.78. The molecule has 0 amide bonds. The van der Waals surface area contributed by atoms with Crippen molar-refractivity contribution in [2.45, 2.75) is 0 Å². The number of rotatable bonds is 8. The number of fused-ring (bicyclic) bond motifs is 1. The molecule has 0 bridgehead atoms. The summed E-state index contributed by atoms with van der Waals surface area (Å²) in [6.45, 7) is 0. The van der Waals surface area contributed by atoms with Crippen LogP contribution in [0.4, 0.5) is 11.4 Å². The summed E-state index contributed by atoms with van der Waals surface area (Å²) in [6.07, 6.45) is 16.6. The SMILES string of the molecule is CN(C)c1ccc(C=CC=Cc2ccc3nc(C=CC=Cc4ccc(N(C)C)cc4)ccc3c2)cc1. The Balaban J connectivity index is 1.36. The molecule has 0 atom stereocenters. The standard InChI is InChI=1S/C33H33N3/c1-35(2)31-20-13-26(14-21-31)9-5-6-11-28-17-24-33-29(25-28)18-19-30(34-33)12-8-7-10-27-15-22-32(23-16-27)36(3)4/h5-25H,1-4H3. The molecule has 0 spiro atoms. The second-order valence-corrected chi connectivity index (χ2v) is 9.10. The molecule has 36 heavy (non-hydrogen) atoms. The zero-order valence-corrected chi connectivity index (χ0v) is 21.5. The molecule has 0 aliphatic rings. The number of hydrogen-bond donors (Lipinski definition) is 0. The third kappa shape index (κ3) is 6.83. The Kier molecular flexibility index (Phi) is 8.15. The monoisotopic (exact) mass is 471 g/mol. The summed E-state index contributed by atoms with van der Waals surface area (Å²) < 4.78 is 0. The molecule has 0 radical (unpaired) electrons. The van der Waals surface area contributed by atoms with Gasteiger partial charge in [-0.1, -0.05) is 78.9 Å². The van der Waals surface area contributed by atoms with E-state index in [0.717, 1.165) is 22.2 Å². The first-order valence-electron chi connectivity index (χ1n) is 12.1. The molecule has 3 heteroatoms. The Hall–Kier alpha value is -4.37. The lowest BCUT2D eigenvalue weighted by Gasteiger charge is -2.11. The van der Waals surface area contributed by atoms with E-state index in [1.165, 1.54) is 22.5 Å². The van der Waals surface area contributed by atoms with Crippen LogP contribution in [0.5, 0.6) is 0 Å². The van der Waals surface area contributed by atoms with Crippen molar-refractivity contribution in [2.75, 3.05) is 38.0 Å². The third-order valence-corrected chi connectivity index (χ3v) is 5.91. The van der Waals surface area contributed by atoms with Crippen molar-refractivity contribution in [3.05, 3.63) is 126 Å². The summed E-state index contributed by atoms with van der Waals surface area (Å²) in [5, 5.41) is 1.13. The smallest absolute Gasteiger partial charge is 0.0709 e. The molecule has 3 aromatic carbocycles. The minimum atomic E-state index is 0.946. The Labute approximate surface area is 215 Å². The number of pyridine rings is 1. The van der Waals surface area contributed by atoms with E-state index >= 15 is 0 Å². The van der Waals surface area contributed by atoms with Gasteiger partial charge in [0.1, 0.15) is 0 Å². The van der Waals surface area contributed by atoms with Gasteiger partial charge in [-0.25, -0.2) is 4.98 Å². The molecule has 0 unspecified atom stereocenters. The van der Waals surface area contributed by atoms with Crippen LogP contribution in [0, 0.1) is 0 Å². The van der Waals surface area contributed by atoms with Crippen LogP contribution in [0.2, 0.25) is 0 Å². The minimum absolute atomic E-state index is 0.946. The Morgan fingerprint density at radius 1 is 0.500 bits per heavy atom. The first-order valence-corrected chi connectivity index (χ1v) is 12.1. The summed E-state index contributed by atoms with van der Waals surface area (Å²) in [4.78, 5) is 8.98. The third-order valence-electron chi connectivity index (χ3n) is 5.91. The van der Waals surface area contributed by atoms with Crippen molar-refractivity contribution in [3.8, 4) is 0 Å². The average Bonchev–Trinajstić information content (AvgIpc) is 2.89. The van der Waals surface area contributed by atoms with Gasteiger partial charge in [-0.3, -0.25) is 0 Å². The summed E-state index contributed by atoms with van der Waals surface area (Å²) in [7, 11) is 8.20. The molecule has 0 N–H and O–H groups in total. The van der Waals surface area contributed by atoms with Gasteiger partial charge in [0.05, 0.1) is 11.2 Å². The average molecular weight is 472 g/mol. The summed E-state index contributed by atoms with van der Waals surface area (Å²) in [5.74, 6) is 0. The fourth-order valence-corrected chi connectivity index (χ4v) is 3.78. The van der Waals surface area contributed by atoms with E-state index in [2.05, 4.69) is 139 Å². The summed E-state index contributed by atoms with van der Waals surface area (Å²) in [6, 6.07) is 27.6. The number of hydrogen-bond acceptors (Lipinski definition) is 3. The molecule has 0 saturated carbocycles. The molecule has 1 heterocycles. The highest BCUT2D eigenvalue weighted by molar-refractivity contribution is 5.82. The molecular formula is C33H33N3. The van der Waals surface area contributed by atoms with Crippen LogP contribution in [-0.2, 0) is 0 Å². The molecule has 3 nitrogen and oxygen atoms in total. The van der Waals surface area contributed by atoms with E-state index in [1.54, 1.807) is 0 Å². The molecule has 4 rings (SSSR count). The molecule has 4 aromatic rings. The number of anilines is 2. The first kappa shape index (κ1) is 24.7. The van der Waals surface area contributed by atoms with Gasteiger partial charge in [0.25, 0.3) is 0 Å². The lowest BCUT2D eigenvalue weighted by Crippen LogP contribution is -2.07. The first-order chi connectivity index (χ1) is 17.5. The molecule has 0 aliphatic heterocycles. The van der Waals surface area contributed by atoms with Crippen molar-refractivity contribution in [1.82, 2.24) is 4.98 Å². The predicted molar refractivity (Wildman–Crippen MR) is 159 cm³/mol. The van der Waals surface area contributed by atoms with Crippen LogP contribution in [0.15, 0.2) is 103 Å². The van der Waals surface area contributed by atoms with Crippen LogP contribution in [0.25, 0.3) is 35.2 Å². The number of nitrogens with zero attached hydrogens (tertiary/aromatic N) is 3. The van der Waals surface area contributed by atoms with Crippen LogP contribution in [-0.4, -0.2) is 33.2 Å². The van der Waals surface area contributed by atoms with Crippen LogP contribution < -0.4 is 9.80 Å². The van der Waals surface area contributed by atoms with Crippen molar-refractivity contribution < 1.29 is 0 Å². The lowest BCUT2D eigenvalue weighted by atomic mass is 10.1. The lowest BCUT2D eigenvalue weighted by molar-refractivity contribution is 1.13. The molecule has 0 aliphatic carbocycles. The Morgan fingerprint density at radius 2 is 0.972 bits per heavy atom. The Bertz CT molecular complexity index is 1290. The van der Waals surface area contributed by atoms with Gasteiger partial charge < -0.3 is 9.80 Å². The Morgan fingerprint density at radius 3 is 1.50 bits per heavy atom. The van der Waals surface area contributed by atoms with E-state index < -0.39 is 0 Å². The van der Waals surface area contributed by atoms with Gasteiger partial charge in [-0.15, -0.1) is 0 Å². The summed E-state index contributed by atoms with van der Waals surface area (Å²) >= 11 is 0. The van der Waals surface area contributed by atoms with E-state index in [1.807, 2.05) is 26.2 Å². The van der Waals surface area contributed by atoms with Crippen molar-refractivity contribution in [3.63, 3.8) is 0 Å². The van der Waals surface area contributed by atoms with Crippen molar-refractivity contribution >= 4 is 46.6 Å². The molecule has 1 aromatic heterocycles. The van der Waals surface area contributed by atoms with Crippen LogP contribution >= 0.6 is 0 Å². The number of aromatic nitrogens is 1. The highest BCUT2D eigenvalue weighted by atomic mass is 15.1. The normalized spacial score (nSPS) is 12.0. The quantitative estimate of drug-likeness (QED) is 0.244. The van der Waals surface area contributed by atoms with Crippen molar-refractivity contribution in [1.29, 1.82) is 0 Å².